The van der Waals surface area contributed by atoms with Gasteiger partial charge in [0, 0.05) is 17.1 Å². The second-order valence-electron chi connectivity index (χ2n) is 3.97. The van der Waals surface area contributed by atoms with Crippen LogP contribution in [0.5, 0.6) is 5.75 Å². The largest absolute Gasteiger partial charge is 0.467 e. The van der Waals surface area contributed by atoms with Crippen LogP contribution in [0.4, 0.5) is 0 Å². The van der Waals surface area contributed by atoms with Gasteiger partial charge in [-0.1, -0.05) is 58.4 Å². The van der Waals surface area contributed by atoms with E-state index in [2.05, 4.69) is 34.1 Å². The predicted octanol–water partition coefficient (Wildman–Crippen LogP) is 4.60. The summed E-state index contributed by atoms with van der Waals surface area (Å²) in [5.41, 5.74) is 2.17. The molecule has 0 aliphatic heterocycles. The number of para-hydroxylation sites is 1. The third-order valence-electron chi connectivity index (χ3n) is 2.58. The Morgan fingerprint density at radius 2 is 1.74 bits per heavy atom. The maximum Gasteiger partial charge on any atom is 0.188 e. The Morgan fingerprint density at radius 3 is 2.47 bits per heavy atom. The molecule has 0 bridgehead atoms. The predicted molar refractivity (Wildman–Crippen MR) is 82.0 cm³/mol. The lowest BCUT2D eigenvalue weighted by Crippen LogP contribution is -1.99. The number of rotatable bonds is 5. The van der Waals surface area contributed by atoms with E-state index in [9.17, 15) is 0 Å². The first-order valence-corrected chi connectivity index (χ1v) is 6.73. The van der Waals surface area contributed by atoms with Crippen LogP contribution in [0.3, 0.4) is 0 Å². The highest BCUT2D eigenvalue weighted by atomic mass is 79.9. The summed E-state index contributed by atoms with van der Waals surface area (Å²) in [6.45, 7) is 0.253. The number of hydrogen-bond acceptors (Lipinski definition) is 2. The highest BCUT2D eigenvalue weighted by molar-refractivity contribution is 9.10. The summed E-state index contributed by atoms with van der Waals surface area (Å²) < 4.78 is 11.5. The fourth-order valence-corrected chi connectivity index (χ4v) is 1.90. The van der Waals surface area contributed by atoms with Crippen molar-refractivity contribution in [3.05, 3.63) is 64.1 Å². The van der Waals surface area contributed by atoms with Crippen molar-refractivity contribution in [1.29, 1.82) is 0 Å². The van der Waals surface area contributed by atoms with E-state index >= 15 is 0 Å². The molecule has 2 nitrogen and oxygen atoms in total. The standard InChI is InChI=1S/C16H15BrO2/c1-18-12-19-16-5-3-2-4-14(16)9-6-13-7-10-15(17)11-8-13/h2-11H,12H2,1H3/b9-6-. The summed E-state index contributed by atoms with van der Waals surface area (Å²) in [5, 5.41) is 0. The molecule has 3 heteroatoms. The zero-order chi connectivity index (χ0) is 13.5. The van der Waals surface area contributed by atoms with Gasteiger partial charge in [-0.3, -0.25) is 0 Å². The summed E-state index contributed by atoms with van der Waals surface area (Å²) in [4.78, 5) is 0. The first-order chi connectivity index (χ1) is 9.29. The van der Waals surface area contributed by atoms with Crippen molar-refractivity contribution in [3.8, 4) is 5.75 Å². The lowest BCUT2D eigenvalue weighted by atomic mass is 10.1. The minimum Gasteiger partial charge on any atom is -0.467 e. The van der Waals surface area contributed by atoms with Crippen molar-refractivity contribution in [1.82, 2.24) is 0 Å². The van der Waals surface area contributed by atoms with Crippen molar-refractivity contribution in [3.63, 3.8) is 0 Å². The number of methoxy groups -OCH3 is 1. The molecule has 0 aromatic heterocycles. The van der Waals surface area contributed by atoms with Crippen LogP contribution in [-0.4, -0.2) is 13.9 Å². The summed E-state index contributed by atoms with van der Waals surface area (Å²) >= 11 is 3.42. The molecule has 2 aromatic rings. The summed E-state index contributed by atoms with van der Waals surface area (Å²) in [5.74, 6) is 0.817. The zero-order valence-corrected chi connectivity index (χ0v) is 12.3. The molecule has 0 radical (unpaired) electrons. The lowest BCUT2D eigenvalue weighted by Gasteiger charge is -2.07. The van der Waals surface area contributed by atoms with E-state index in [1.165, 1.54) is 0 Å². The van der Waals surface area contributed by atoms with Gasteiger partial charge < -0.3 is 9.47 Å². The quantitative estimate of drug-likeness (QED) is 0.592. The van der Waals surface area contributed by atoms with E-state index < -0.39 is 0 Å². The van der Waals surface area contributed by atoms with Gasteiger partial charge in [-0.15, -0.1) is 0 Å². The molecule has 0 fully saturated rings. The molecular weight excluding hydrogens is 304 g/mol. The molecule has 19 heavy (non-hydrogen) atoms. The van der Waals surface area contributed by atoms with E-state index in [4.69, 9.17) is 9.47 Å². The molecule has 0 aliphatic carbocycles. The van der Waals surface area contributed by atoms with E-state index in [0.717, 1.165) is 21.3 Å². The normalized spacial score (nSPS) is 10.8. The SMILES string of the molecule is COCOc1ccccc1/C=C\c1ccc(Br)cc1. The molecule has 2 aromatic carbocycles. The molecule has 0 atom stereocenters. The van der Waals surface area contributed by atoms with Crippen molar-refractivity contribution in [2.24, 2.45) is 0 Å². The molecular formula is C16H15BrO2. The molecule has 2 rings (SSSR count). The van der Waals surface area contributed by atoms with Crippen molar-refractivity contribution in [2.45, 2.75) is 0 Å². The van der Waals surface area contributed by atoms with Crippen LogP contribution in [-0.2, 0) is 4.74 Å². The molecule has 0 spiro atoms. The monoisotopic (exact) mass is 318 g/mol. The van der Waals surface area contributed by atoms with Crippen molar-refractivity contribution in [2.75, 3.05) is 13.9 Å². The van der Waals surface area contributed by atoms with Gasteiger partial charge in [-0.05, 0) is 23.8 Å². The van der Waals surface area contributed by atoms with Gasteiger partial charge in [-0.2, -0.15) is 0 Å². The molecule has 0 amide bonds. The van der Waals surface area contributed by atoms with Crippen molar-refractivity contribution < 1.29 is 9.47 Å². The fourth-order valence-electron chi connectivity index (χ4n) is 1.63. The third-order valence-corrected chi connectivity index (χ3v) is 3.11. The third kappa shape index (κ3) is 4.23. The zero-order valence-electron chi connectivity index (χ0n) is 10.7. The second kappa shape index (κ2) is 7.12. The second-order valence-corrected chi connectivity index (χ2v) is 4.89. The highest BCUT2D eigenvalue weighted by Gasteiger charge is 1.98. The molecule has 98 valence electrons. The topological polar surface area (TPSA) is 18.5 Å². The molecule has 0 saturated heterocycles. The Bertz CT molecular complexity index is 547. The molecule has 0 unspecified atom stereocenters. The first-order valence-electron chi connectivity index (χ1n) is 5.94. The molecule has 0 N–H and O–H groups in total. The number of halogens is 1. The Labute approximate surface area is 121 Å². The van der Waals surface area contributed by atoms with E-state index in [1.54, 1.807) is 7.11 Å². The smallest absolute Gasteiger partial charge is 0.188 e. The maximum atomic E-state index is 5.51. The van der Waals surface area contributed by atoms with Gasteiger partial charge in [0.25, 0.3) is 0 Å². The van der Waals surface area contributed by atoms with Crippen LogP contribution < -0.4 is 4.74 Å². The number of hydrogen-bond donors (Lipinski definition) is 0. The van der Waals surface area contributed by atoms with E-state index in [1.807, 2.05) is 42.5 Å². The van der Waals surface area contributed by atoms with E-state index in [-0.39, 0.29) is 6.79 Å². The van der Waals surface area contributed by atoms with Crippen LogP contribution in [0.1, 0.15) is 11.1 Å². The first kappa shape index (κ1) is 13.8. The number of benzene rings is 2. The minimum atomic E-state index is 0.253. The Balaban J connectivity index is 2.15. The average Bonchev–Trinajstić information content (AvgIpc) is 2.45. The van der Waals surface area contributed by atoms with Crippen LogP contribution in [0.15, 0.2) is 53.0 Å². The van der Waals surface area contributed by atoms with Crippen LogP contribution in [0.2, 0.25) is 0 Å². The summed E-state index contributed by atoms with van der Waals surface area (Å²) in [6.07, 6.45) is 4.09. The summed E-state index contributed by atoms with van der Waals surface area (Å²) in [7, 11) is 1.61. The lowest BCUT2D eigenvalue weighted by molar-refractivity contribution is 0.0510. The van der Waals surface area contributed by atoms with Gasteiger partial charge in [0.2, 0.25) is 0 Å². The summed E-state index contributed by atoms with van der Waals surface area (Å²) in [6, 6.07) is 16.0. The van der Waals surface area contributed by atoms with Crippen molar-refractivity contribution >= 4 is 28.1 Å². The van der Waals surface area contributed by atoms with Gasteiger partial charge >= 0.3 is 0 Å². The molecule has 0 heterocycles. The van der Waals surface area contributed by atoms with E-state index in [0.29, 0.717) is 0 Å². The van der Waals surface area contributed by atoms with Gasteiger partial charge in [-0.25, -0.2) is 0 Å². The Morgan fingerprint density at radius 1 is 1.00 bits per heavy atom. The maximum absolute atomic E-state index is 5.51. The van der Waals surface area contributed by atoms with Gasteiger partial charge in [0.1, 0.15) is 5.75 Å². The highest BCUT2D eigenvalue weighted by Crippen LogP contribution is 2.21. The molecule has 0 aliphatic rings. The van der Waals surface area contributed by atoms with Crippen LogP contribution in [0, 0.1) is 0 Å². The average molecular weight is 319 g/mol. The van der Waals surface area contributed by atoms with Crippen LogP contribution >= 0.6 is 15.9 Å². The minimum absolute atomic E-state index is 0.253. The fraction of sp³-hybridized carbons (Fsp3) is 0.125. The van der Waals surface area contributed by atoms with Gasteiger partial charge in [0.15, 0.2) is 6.79 Å². The Kier molecular flexibility index (Phi) is 5.19. The molecule has 0 saturated carbocycles. The van der Waals surface area contributed by atoms with Crippen LogP contribution in [0.25, 0.3) is 12.2 Å². The number of ether oxygens (including phenoxy) is 2. The van der Waals surface area contributed by atoms with Gasteiger partial charge in [0.05, 0.1) is 0 Å². The Hall–Kier alpha value is -1.58.